The van der Waals surface area contributed by atoms with Gasteiger partial charge in [-0.3, -0.25) is 4.98 Å². The average molecular weight is 1100 g/mol. The molecule has 0 aliphatic heterocycles. The normalized spacial score (nSPS) is 11.8. The first-order valence-corrected chi connectivity index (χ1v) is 23.7. The molecule has 0 saturated carbocycles. The summed E-state index contributed by atoms with van der Waals surface area (Å²) in [5.41, 5.74) is 0.182. The number of nitrogens with zero attached hydrogens (tertiary/aromatic N) is 6. The summed E-state index contributed by atoms with van der Waals surface area (Å²) in [5.74, 6) is -0.330. The van der Waals surface area contributed by atoms with Crippen LogP contribution >= 0.6 is 43.5 Å². The van der Waals surface area contributed by atoms with Crippen LogP contribution in [0.15, 0.2) is 153 Å². The van der Waals surface area contributed by atoms with E-state index in [1.54, 1.807) is 42.6 Å². The molecule has 0 fully saturated rings. The van der Waals surface area contributed by atoms with Gasteiger partial charge >= 0.3 is 20.0 Å². The van der Waals surface area contributed by atoms with Gasteiger partial charge in [0.2, 0.25) is 0 Å². The smallest absolute Gasteiger partial charge is 0.537 e. The molecule has 0 atom stereocenters. The number of hydrogen-bond donors (Lipinski definition) is 1. The fourth-order valence-electron chi connectivity index (χ4n) is 5.95. The Morgan fingerprint density at radius 1 is 0.591 bits per heavy atom. The molecule has 0 aliphatic carbocycles. The molecule has 8 aromatic rings. The minimum atomic E-state index is -4.46. The minimum absolute atomic E-state index is 0.112. The van der Waals surface area contributed by atoms with Crippen LogP contribution in [0.4, 0.5) is 26.3 Å². The number of aromatic nitrogens is 6. The van der Waals surface area contributed by atoms with E-state index in [4.69, 9.17) is 16.6 Å². The van der Waals surface area contributed by atoms with Gasteiger partial charge in [0.25, 0.3) is 0 Å². The molecule has 4 heterocycles. The molecule has 24 heteroatoms. The van der Waals surface area contributed by atoms with E-state index < -0.39 is 43.2 Å². The van der Waals surface area contributed by atoms with Crippen LogP contribution in [0.2, 0.25) is 5.15 Å². The summed E-state index contributed by atoms with van der Waals surface area (Å²) in [6.45, 7) is 0. The number of alkyl halides is 6. The average Bonchev–Trinajstić information content (AvgIpc) is 3.27. The van der Waals surface area contributed by atoms with Crippen molar-refractivity contribution in [3.05, 3.63) is 171 Å². The lowest BCUT2D eigenvalue weighted by molar-refractivity contribution is -0.138. The van der Waals surface area contributed by atoms with E-state index in [9.17, 15) is 43.2 Å². The zero-order valence-corrected chi connectivity index (χ0v) is 38.6. The van der Waals surface area contributed by atoms with Crippen LogP contribution < -0.4 is 4.65 Å². The van der Waals surface area contributed by atoms with E-state index in [0.717, 1.165) is 41.1 Å². The Bertz CT molecular complexity index is 3240. The lowest BCUT2D eigenvalue weighted by Crippen LogP contribution is -2.06. The molecule has 0 unspecified atom stereocenters. The molecule has 0 aliphatic rings. The number of hydrogen-bond acceptors (Lipinski definition) is 12. The van der Waals surface area contributed by atoms with Gasteiger partial charge < -0.3 is 9.68 Å². The van der Waals surface area contributed by atoms with E-state index in [-0.39, 0.29) is 36.0 Å². The van der Waals surface area contributed by atoms with Crippen LogP contribution in [-0.4, -0.2) is 59.4 Å². The molecular formula is C42H27BBr2ClF6N6O6S2. The van der Waals surface area contributed by atoms with Crippen molar-refractivity contribution in [1.82, 2.24) is 29.9 Å². The zero-order chi connectivity index (χ0) is 47.9. The van der Waals surface area contributed by atoms with E-state index >= 15 is 0 Å². The Kier molecular flexibility index (Phi) is 15.8. The van der Waals surface area contributed by atoms with Crippen molar-refractivity contribution in [3.63, 3.8) is 0 Å². The van der Waals surface area contributed by atoms with Crippen molar-refractivity contribution in [2.75, 3.05) is 0 Å². The Morgan fingerprint density at radius 3 is 1.58 bits per heavy atom. The number of rotatable bonds is 9. The number of benzene rings is 4. The SMILES string of the molecule is O=S(=O)(Cc1ccncn1)c1ccc2c(-c3ccc(C(F)(F)F)cc3Br)nccc2c1.O=S(=O)(Cc1ccncn1)c1ccc2c(Cl)nccc2c1.O[B]Oc1ccc(C(F)(F)F)cc1Br. The number of sulfone groups is 2. The van der Waals surface area contributed by atoms with Crippen molar-refractivity contribution in [1.29, 1.82) is 0 Å². The predicted molar refractivity (Wildman–Crippen MR) is 240 cm³/mol. The van der Waals surface area contributed by atoms with Crippen molar-refractivity contribution in [2.45, 2.75) is 33.6 Å². The zero-order valence-electron chi connectivity index (χ0n) is 33.1. The topological polar surface area (TPSA) is 175 Å². The van der Waals surface area contributed by atoms with Crippen molar-refractivity contribution < 1.29 is 52.9 Å². The van der Waals surface area contributed by atoms with Crippen LogP contribution in [0.5, 0.6) is 5.75 Å². The van der Waals surface area contributed by atoms with Gasteiger partial charge in [-0.2, -0.15) is 26.3 Å². The van der Waals surface area contributed by atoms with Gasteiger partial charge in [0.05, 0.1) is 54.0 Å². The highest BCUT2D eigenvalue weighted by molar-refractivity contribution is 9.11. The molecule has 4 aromatic carbocycles. The maximum atomic E-state index is 13.0. The van der Waals surface area contributed by atoms with Crippen LogP contribution in [0.1, 0.15) is 22.5 Å². The van der Waals surface area contributed by atoms with Gasteiger partial charge in [0.15, 0.2) is 19.7 Å². The predicted octanol–water partition coefficient (Wildman–Crippen LogP) is 10.5. The highest BCUT2D eigenvalue weighted by atomic mass is 79.9. The van der Waals surface area contributed by atoms with E-state index in [2.05, 4.69) is 66.4 Å². The van der Waals surface area contributed by atoms with Gasteiger partial charge in [0.1, 0.15) is 23.6 Å². The second kappa shape index (κ2) is 20.9. The van der Waals surface area contributed by atoms with Crippen molar-refractivity contribution >= 4 is 92.4 Å². The minimum Gasteiger partial charge on any atom is -0.537 e. The Balaban J connectivity index is 0.000000178. The monoisotopic (exact) mass is 1090 g/mol. The van der Waals surface area contributed by atoms with Crippen molar-refractivity contribution in [3.8, 4) is 17.0 Å². The summed E-state index contributed by atoms with van der Waals surface area (Å²) in [7, 11) is -6.73. The van der Waals surface area contributed by atoms with Gasteiger partial charge in [0, 0.05) is 45.6 Å². The van der Waals surface area contributed by atoms with Crippen LogP contribution in [0.3, 0.4) is 0 Å². The maximum absolute atomic E-state index is 13.0. The summed E-state index contributed by atoms with van der Waals surface area (Å²) in [6, 6.07) is 22.1. The first kappa shape index (κ1) is 49.8. The second-order valence-corrected chi connectivity index (χ2v) is 19.6. The summed E-state index contributed by atoms with van der Waals surface area (Å²) >= 11 is 12.1. The molecule has 0 bridgehead atoms. The first-order valence-electron chi connectivity index (χ1n) is 18.4. The quantitative estimate of drug-likeness (QED) is 0.0824. The number of halogens is 9. The van der Waals surface area contributed by atoms with E-state index in [0.29, 0.717) is 46.3 Å². The second-order valence-electron chi connectivity index (χ2n) is 13.5. The summed E-state index contributed by atoms with van der Waals surface area (Å²) < 4.78 is 131. The lowest BCUT2D eigenvalue weighted by Gasteiger charge is -2.12. The lowest BCUT2D eigenvalue weighted by atomic mass is 10.0. The molecule has 8 rings (SSSR count). The molecule has 66 heavy (non-hydrogen) atoms. The van der Waals surface area contributed by atoms with Gasteiger partial charge in [-0.15, -0.1) is 0 Å². The molecule has 1 N–H and O–H groups in total. The third-order valence-electron chi connectivity index (χ3n) is 9.09. The molecule has 0 saturated heterocycles. The fraction of sp³-hybridized carbons (Fsp3) is 0.0952. The van der Waals surface area contributed by atoms with Gasteiger partial charge in [-0.05, 0) is 112 Å². The molecular weight excluding hydrogens is 1070 g/mol. The van der Waals surface area contributed by atoms with Crippen LogP contribution in [0.25, 0.3) is 32.8 Å². The van der Waals surface area contributed by atoms with Crippen molar-refractivity contribution in [2.24, 2.45) is 0 Å². The highest BCUT2D eigenvalue weighted by Gasteiger charge is 2.32. The number of pyridine rings is 2. The first-order chi connectivity index (χ1) is 31.2. The standard InChI is InChI=1S/C21H13BrF3N3O2S.C14H10ClN3O2S.C7H4BBrF3O2/c22-19-10-14(21(23,24)25)1-3-18(19)20-17-4-2-16(9-13(17)5-8-27-20)31(29,30)11-15-6-7-26-12-28-15;15-14-13-2-1-12(7-10(13)3-6-17-14)21(19,20)8-11-4-5-16-9-18-11;9-5-3-4(7(10,11)12)1-2-6(5)14-8-13/h1-10,12H,11H2;1-7,9H,8H2;1-3,13H. The maximum Gasteiger partial charge on any atom is 0.569 e. The summed E-state index contributed by atoms with van der Waals surface area (Å²) in [5, 5.41) is 11.3. The largest absolute Gasteiger partial charge is 0.569 e. The third-order valence-corrected chi connectivity index (χ3v) is 14.0. The van der Waals surface area contributed by atoms with Crippen LogP contribution in [-0.2, 0) is 43.5 Å². The molecule has 1 radical (unpaired) electrons. The third kappa shape index (κ3) is 12.6. The summed E-state index contributed by atoms with van der Waals surface area (Å²) in [4.78, 5) is 24.1. The Labute approximate surface area is 394 Å². The van der Waals surface area contributed by atoms with E-state index in [1.165, 1.54) is 61.6 Å². The molecule has 12 nitrogen and oxygen atoms in total. The fourth-order valence-corrected chi connectivity index (χ4v) is 9.84. The molecule has 0 spiro atoms. The highest BCUT2D eigenvalue weighted by Crippen LogP contribution is 2.38. The molecule has 339 valence electrons. The number of fused-ring (bicyclic) bond motifs is 2. The van der Waals surface area contributed by atoms with Crippen LogP contribution in [0, 0.1) is 0 Å². The van der Waals surface area contributed by atoms with E-state index in [1.807, 2.05) is 0 Å². The van der Waals surface area contributed by atoms with Gasteiger partial charge in [-0.25, -0.2) is 41.8 Å². The Morgan fingerprint density at radius 2 is 1.09 bits per heavy atom. The molecule has 4 aromatic heterocycles. The molecule has 0 amide bonds. The Hall–Kier alpha value is -5.59. The van der Waals surface area contributed by atoms with Gasteiger partial charge in [-0.1, -0.05) is 39.7 Å². The summed E-state index contributed by atoms with van der Waals surface area (Å²) in [6.07, 6.45) is -0.207.